The molecule has 1 spiro atoms. The second-order valence-corrected chi connectivity index (χ2v) is 7.10. The SMILES string of the molecule is CN1C(=O)[C@H](Cc2ccc(-c3ccccc3)cc2)NC12CCCC2. The van der Waals surface area contributed by atoms with Crippen molar-refractivity contribution in [2.24, 2.45) is 0 Å². The topological polar surface area (TPSA) is 32.3 Å². The molecule has 2 aromatic carbocycles. The summed E-state index contributed by atoms with van der Waals surface area (Å²) in [6.07, 6.45) is 5.35. The quantitative estimate of drug-likeness (QED) is 0.937. The summed E-state index contributed by atoms with van der Waals surface area (Å²) in [7, 11) is 1.96. The molecule has 0 unspecified atom stereocenters. The fourth-order valence-electron chi connectivity index (χ4n) is 4.21. The number of benzene rings is 2. The number of hydrogen-bond acceptors (Lipinski definition) is 2. The predicted molar refractivity (Wildman–Crippen MR) is 96.5 cm³/mol. The van der Waals surface area contributed by atoms with Crippen LogP contribution in [0.3, 0.4) is 0 Å². The van der Waals surface area contributed by atoms with E-state index in [9.17, 15) is 4.79 Å². The maximum Gasteiger partial charge on any atom is 0.241 e. The molecule has 1 N–H and O–H groups in total. The fourth-order valence-corrected chi connectivity index (χ4v) is 4.21. The lowest BCUT2D eigenvalue weighted by molar-refractivity contribution is -0.130. The molecule has 2 aromatic rings. The lowest BCUT2D eigenvalue weighted by atomic mass is 10.0. The molecule has 1 aliphatic heterocycles. The van der Waals surface area contributed by atoms with Crippen LogP contribution in [0, 0.1) is 0 Å². The number of hydrogen-bond donors (Lipinski definition) is 1. The van der Waals surface area contributed by atoms with Crippen molar-refractivity contribution in [3.8, 4) is 11.1 Å². The highest BCUT2D eigenvalue weighted by atomic mass is 16.2. The Balaban J connectivity index is 1.49. The van der Waals surface area contributed by atoms with Crippen LogP contribution in [0.1, 0.15) is 31.2 Å². The molecule has 3 heteroatoms. The Kier molecular flexibility index (Phi) is 3.89. The van der Waals surface area contributed by atoms with E-state index in [1.807, 2.05) is 18.0 Å². The second kappa shape index (κ2) is 6.06. The minimum absolute atomic E-state index is 0.0776. The molecular weight excluding hydrogens is 296 g/mol. The van der Waals surface area contributed by atoms with E-state index in [1.54, 1.807) is 0 Å². The van der Waals surface area contributed by atoms with E-state index in [1.165, 1.54) is 29.5 Å². The maximum absolute atomic E-state index is 12.6. The normalized spacial score (nSPS) is 22.5. The molecule has 2 fully saturated rings. The predicted octanol–water partition coefficient (Wildman–Crippen LogP) is 3.60. The molecule has 0 aromatic heterocycles. The first-order valence-electron chi connectivity index (χ1n) is 8.88. The van der Waals surface area contributed by atoms with E-state index in [0.29, 0.717) is 0 Å². The molecule has 1 aliphatic carbocycles. The van der Waals surface area contributed by atoms with E-state index in [0.717, 1.165) is 19.3 Å². The number of amides is 1. The van der Waals surface area contributed by atoms with Gasteiger partial charge in [-0.25, -0.2) is 0 Å². The molecule has 2 aliphatic rings. The average Bonchev–Trinajstić information content (AvgIpc) is 3.18. The highest BCUT2D eigenvalue weighted by Crippen LogP contribution is 2.37. The van der Waals surface area contributed by atoms with Crippen molar-refractivity contribution >= 4 is 5.91 Å². The van der Waals surface area contributed by atoms with E-state index < -0.39 is 0 Å². The Hall–Kier alpha value is -2.13. The van der Waals surface area contributed by atoms with E-state index in [-0.39, 0.29) is 17.6 Å². The summed E-state index contributed by atoms with van der Waals surface area (Å²) in [4.78, 5) is 14.6. The van der Waals surface area contributed by atoms with Crippen LogP contribution < -0.4 is 5.32 Å². The molecule has 3 nitrogen and oxygen atoms in total. The van der Waals surface area contributed by atoms with Crippen LogP contribution >= 0.6 is 0 Å². The van der Waals surface area contributed by atoms with Crippen LogP contribution in [-0.4, -0.2) is 29.6 Å². The Morgan fingerprint density at radius 2 is 1.62 bits per heavy atom. The molecule has 1 heterocycles. The largest absolute Gasteiger partial charge is 0.326 e. The fraction of sp³-hybridized carbons (Fsp3) is 0.381. The molecule has 1 saturated carbocycles. The Bertz CT molecular complexity index is 717. The number of likely N-dealkylation sites (N-methyl/N-ethyl adjacent to an activating group) is 1. The monoisotopic (exact) mass is 320 g/mol. The number of nitrogens with one attached hydrogen (secondary N) is 1. The molecule has 24 heavy (non-hydrogen) atoms. The van der Waals surface area contributed by atoms with Crippen molar-refractivity contribution < 1.29 is 4.79 Å². The van der Waals surface area contributed by atoms with Crippen molar-refractivity contribution in [1.29, 1.82) is 0 Å². The van der Waals surface area contributed by atoms with Gasteiger partial charge in [0.1, 0.15) is 0 Å². The standard InChI is InChI=1S/C21H24N2O/c1-23-20(24)19(22-21(23)13-5-6-14-21)15-16-9-11-18(12-10-16)17-7-3-2-4-8-17/h2-4,7-12,19,22H,5-6,13-15H2,1H3/t19-/m0/s1. The molecule has 1 amide bonds. The van der Waals surface area contributed by atoms with Crippen LogP contribution in [0.2, 0.25) is 0 Å². The minimum Gasteiger partial charge on any atom is -0.326 e. The van der Waals surface area contributed by atoms with E-state index >= 15 is 0 Å². The summed E-state index contributed by atoms with van der Waals surface area (Å²) in [6, 6.07) is 18.9. The molecule has 124 valence electrons. The smallest absolute Gasteiger partial charge is 0.241 e. The van der Waals surface area contributed by atoms with Crippen LogP contribution in [0.15, 0.2) is 54.6 Å². The van der Waals surface area contributed by atoms with Crippen molar-refractivity contribution in [2.75, 3.05) is 7.05 Å². The lowest BCUT2D eigenvalue weighted by Crippen LogP contribution is -2.48. The van der Waals surface area contributed by atoms with Gasteiger partial charge in [0, 0.05) is 7.05 Å². The van der Waals surface area contributed by atoms with Gasteiger partial charge in [0.05, 0.1) is 11.7 Å². The van der Waals surface area contributed by atoms with Gasteiger partial charge in [-0.05, 0) is 48.8 Å². The molecule has 1 saturated heterocycles. The van der Waals surface area contributed by atoms with Gasteiger partial charge in [0.2, 0.25) is 5.91 Å². The van der Waals surface area contributed by atoms with Gasteiger partial charge in [-0.2, -0.15) is 0 Å². The first-order valence-corrected chi connectivity index (χ1v) is 8.88. The third kappa shape index (κ3) is 2.63. The van der Waals surface area contributed by atoms with Crippen molar-refractivity contribution in [2.45, 2.75) is 43.8 Å². The third-order valence-electron chi connectivity index (χ3n) is 5.65. The van der Waals surface area contributed by atoms with Crippen molar-refractivity contribution in [3.63, 3.8) is 0 Å². The summed E-state index contributed by atoms with van der Waals surface area (Å²) < 4.78 is 0. The van der Waals surface area contributed by atoms with Gasteiger partial charge in [0.25, 0.3) is 0 Å². The van der Waals surface area contributed by atoms with Crippen LogP contribution in [0.25, 0.3) is 11.1 Å². The number of carbonyl (C=O) groups excluding carboxylic acids is 1. The molecule has 0 radical (unpaired) electrons. The van der Waals surface area contributed by atoms with Crippen LogP contribution in [-0.2, 0) is 11.2 Å². The summed E-state index contributed by atoms with van der Waals surface area (Å²) in [6.45, 7) is 0. The third-order valence-corrected chi connectivity index (χ3v) is 5.65. The molecule has 4 rings (SSSR count). The van der Waals surface area contributed by atoms with Gasteiger partial charge < -0.3 is 4.90 Å². The summed E-state index contributed by atoms with van der Waals surface area (Å²) in [5, 5.41) is 3.64. The Morgan fingerprint density at radius 1 is 1.00 bits per heavy atom. The van der Waals surface area contributed by atoms with Gasteiger partial charge in [-0.15, -0.1) is 0 Å². The first kappa shape index (κ1) is 15.4. The number of rotatable bonds is 3. The maximum atomic E-state index is 12.6. The van der Waals surface area contributed by atoms with Crippen molar-refractivity contribution in [1.82, 2.24) is 10.2 Å². The minimum atomic E-state index is -0.0873. The van der Waals surface area contributed by atoms with Gasteiger partial charge in [-0.3, -0.25) is 10.1 Å². The Morgan fingerprint density at radius 3 is 2.29 bits per heavy atom. The second-order valence-electron chi connectivity index (χ2n) is 7.10. The zero-order valence-corrected chi connectivity index (χ0v) is 14.2. The highest BCUT2D eigenvalue weighted by Gasteiger charge is 2.49. The van der Waals surface area contributed by atoms with E-state index in [2.05, 4.69) is 53.8 Å². The first-order chi connectivity index (χ1) is 11.7. The average molecular weight is 320 g/mol. The van der Waals surface area contributed by atoms with Crippen LogP contribution in [0.5, 0.6) is 0 Å². The zero-order chi connectivity index (χ0) is 16.6. The van der Waals surface area contributed by atoms with Crippen LogP contribution in [0.4, 0.5) is 0 Å². The molecule has 1 atom stereocenters. The highest BCUT2D eigenvalue weighted by molar-refractivity contribution is 5.85. The summed E-state index contributed by atoms with van der Waals surface area (Å²) in [5.74, 6) is 0.240. The molecular formula is C21H24N2O. The Labute approximate surface area is 143 Å². The van der Waals surface area contributed by atoms with E-state index in [4.69, 9.17) is 0 Å². The lowest BCUT2D eigenvalue weighted by Gasteiger charge is -2.31. The number of carbonyl (C=O) groups is 1. The zero-order valence-electron chi connectivity index (χ0n) is 14.2. The summed E-state index contributed by atoms with van der Waals surface area (Å²) in [5.41, 5.74) is 3.58. The van der Waals surface area contributed by atoms with Gasteiger partial charge in [-0.1, -0.05) is 54.6 Å². The number of nitrogens with zero attached hydrogens (tertiary/aromatic N) is 1. The molecule has 0 bridgehead atoms. The van der Waals surface area contributed by atoms with Gasteiger partial charge >= 0.3 is 0 Å². The van der Waals surface area contributed by atoms with Crippen molar-refractivity contribution in [3.05, 3.63) is 60.2 Å². The van der Waals surface area contributed by atoms with Gasteiger partial charge in [0.15, 0.2) is 0 Å². The summed E-state index contributed by atoms with van der Waals surface area (Å²) >= 11 is 0.